The van der Waals surface area contributed by atoms with Crippen molar-refractivity contribution in [2.75, 3.05) is 6.54 Å². The molecule has 21 heavy (non-hydrogen) atoms. The third-order valence-corrected chi connectivity index (χ3v) is 5.18. The molecule has 0 fully saturated rings. The third-order valence-electron chi connectivity index (χ3n) is 3.22. The fraction of sp³-hybridized carbons (Fsp3) is 0.250. The fourth-order valence-corrected chi connectivity index (χ4v) is 3.64. The quantitative estimate of drug-likeness (QED) is 0.554. The number of likely N-dealkylation sites (N-methyl/N-ethyl adjacent to an activating group) is 1. The van der Waals surface area contributed by atoms with E-state index >= 15 is 0 Å². The lowest BCUT2D eigenvalue weighted by atomic mass is 9.99. The van der Waals surface area contributed by atoms with Crippen LogP contribution in [0.4, 0.5) is 4.39 Å². The first-order valence-corrected chi connectivity index (χ1v) is 9.01. The summed E-state index contributed by atoms with van der Waals surface area (Å²) in [4.78, 5) is 0. The molecule has 0 aliphatic carbocycles. The number of benzene rings is 2. The summed E-state index contributed by atoms with van der Waals surface area (Å²) < 4.78 is 16.1. The van der Waals surface area contributed by atoms with Crippen LogP contribution in [0.25, 0.3) is 0 Å². The van der Waals surface area contributed by atoms with Crippen LogP contribution in [0.2, 0.25) is 0 Å². The summed E-state index contributed by atoms with van der Waals surface area (Å²) in [7, 11) is 0. The molecule has 0 aliphatic rings. The lowest BCUT2D eigenvalue weighted by Crippen LogP contribution is -2.23. The zero-order valence-electron chi connectivity index (χ0n) is 11.5. The Kier molecular flexibility index (Phi) is 6.41. The van der Waals surface area contributed by atoms with Crippen LogP contribution in [-0.2, 0) is 6.42 Å². The first-order valence-electron chi connectivity index (χ1n) is 6.63. The van der Waals surface area contributed by atoms with Crippen LogP contribution in [0, 0.1) is 5.82 Å². The van der Waals surface area contributed by atoms with E-state index in [1.165, 1.54) is 17.7 Å². The molecule has 5 heteroatoms. The van der Waals surface area contributed by atoms with Gasteiger partial charge in [0, 0.05) is 19.5 Å². The lowest BCUT2D eigenvalue weighted by Gasteiger charge is -2.21. The van der Waals surface area contributed by atoms with Gasteiger partial charge in [-0.1, -0.05) is 60.8 Å². The SMILES string of the molecule is CCNC(Cc1ccc(F)cc1Br)c1cc(Br)ccc1Br. The highest BCUT2D eigenvalue weighted by atomic mass is 79.9. The van der Waals surface area contributed by atoms with Gasteiger partial charge in [-0.15, -0.1) is 0 Å². The number of rotatable bonds is 5. The Morgan fingerprint density at radius 3 is 2.48 bits per heavy atom. The molecule has 0 heterocycles. The minimum absolute atomic E-state index is 0.156. The van der Waals surface area contributed by atoms with Gasteiger partial charge in [0.1, 0.15) is 5.82 Å². The van der Waals surface area contributed by atoms with Crippen LogP contribution in [-0.4, -0.2) is 6.54 Å². The zero-order chi connectivity index (χ0) is 15.4. The molecule has 1 unspecified atom stereocenters. The van der Waals surface area contributed by atoms with Crippen molar-refractivity contribution in [1.29, 1.82) is 0 Å². The number of hydrogen-bond acceptors (Lipinski definition) is 1. The Labute approximate surface area is 149 Å². The minimum Gasteiger partial charge on any atom is -0.310 e. The van der Waals surface area contributed by atoms with Gasteiger partial charge >= 0.3 is 0 Å². The summed E-state index contributed by atoms with van der Waals surface area (Å²) in [5.41, 5.74) is 2.26. The van der Waals surface area contributed by atoms with Crippen molar-refractivity contribution in [1.82, 2.24) is 5.32 Å². The monoisotopic (exact) mass is 477 g/mol. The van der Waals surface area contributed by atoms with Crippen molar-refractivity contribution in [3.8, 4) is 0 Å². The molecule has 0 aliphatic heterocycles. The molecule has 0 radical (unpaired) electrons. The first kappa shape index (κ1) is 17.1. The van der Waals surface area contributed by atoms with Crippen LogP contribution >= 0.6 is 47.8 Å². The standard InChI is InChI=1S/C16H15Br3FN/c1-2-21-16(13-8-11(17)4-6-14(13)18)7-10-3-5-12(20)9-15(10)19/h3-6,8-9,16,21H,2,7H2,1H3. The maximum Gasteiger partial charge on any atom is 0.124 e. The van der Waals surface area contributed by atoms with Gasteiger partial charge in [-0.3, -0.25) is 0 Å². The van der Waals surface area contributed by atoms with Crippen molar-refractivity contribution in [2.45, 2.75) is 19.4 Å². The molecule has 2 aromatic carbocycles. The van der Waals surface area contributed by atoms with Gasteiger partial charge in [0.05, 0.1) is 0 Å². The summed E-state index contributed by atoms with van der Waals surface area (Å²) >= 11 is 10.6. The average molecular weight is 480 g/mol. The largest absolute Gasteiger partial charge is 0.310 e. The zero-order valence-corrected chi connectivity index (χ0v) is 16.2. The van der Waals surface area contributed by atoms with Gasteiger partial charge in [0.2, 0.25) is 0 Å². The Bertz CT molecular complexity index is 631. The van der Waals surface area contributed by atoms with Crippen molar-refractivity contribution in [2.24, 2.45) is 0 Å². The Balaban J connectivity index is 2.32. The topological polar surface area (TPSA) is 12.0 Å². The molecule has 0 aromatic heterocycles. The maximum absolute atomic E-state index is 13.2. The molecule has 0 amide bonds. The lowest BCUT2D eigenvalue weighted by molar-refractivity contribution is 0.545. The van der Waals surface area contributed by atoms with E-state index in [1.54, 1.807) is 0 Å². The van der Waals surface area contributed by atoms with Crippen molar-refractivity contribution < 1.29 is 4.39 Å². The van der Waals surface area contributed by atoms with Gasteiger partial charge in [-0.25, -0.2) is 4.39 Å². The van der Waals surface area contributed by atoms with E-state index in [1.807, 2.05) is 18.2 Å². The summed E-state index contributed by atoms with van der Waals surface area (Å²) in [6.07, 6.45) is 0.782. The molecule has 1 nitrogen and oxygen atoms in total. The van der Waals surface area contributed by atoms with Gasteiger partial charge in [0.15, 0.2) is 0 Å². The average Bonchev–Trinajstić information content (AvgIpc) is 2.44. The molecular weight excluding hydrogens is 465 g/mol. The number of halogens is 4. The van der Waals surface area contributed by atoms with Crippen LogP contribution in [0.5, 0.6) is 0 Å². The van der Waals surface area contributed by atoms with E-state index in [-0.39, 0.29) is 11.9 Å². The second kappa shape index (κ2) is 7.86. The number of hydrogen-bond donors (Lipinski definition) is 1. The van der Waals surface area contributed by atoms with Crippen LogP contribution in [0.3, 0.4) is 0 Å². The predicted octanol–water partition coefficient (Wildman–Crippen LogP) is 6.01. The molecule has 0 bridgehead atoms. The van der Waals surface area contributed by atoms with E-state index in [4.69, 9.17) is 0 Å². The molecule has 0 saturated heterocycles. The van der Waals surface area contributed by atoms with E-state index in [2.05, 4.69) is 66.1 Å². The molecule has 112 valence electrons. The molecule has 1 N–H and O–H groups in total. The highest BCUT2D eigenvalue weighted by Crippen LogP contribution is 2.31. The van der Waals surface area contributed by atoms with Crippen molar-refractivity contribution >= 4 is 47.8 Å². The van der Waals surface area contributed by atoms with E-state index in [0.717, 1.165) is 31.9 Å². The molecule has 2 rings (SSSR count). The maximum atomic E-state index is 13.2. The van der Waals surface area contributed by atoms with Gasteiger partial charge in [-0.2, -0.15) is 0 Å². The molecule has 0 spiro atoms. The van der Waals surface area contributed by atoms with Crippen molar-refractivity contribution in [3.63, 3.8) is 0 Å². The van der Waals surface area contributed by atoms with Gasteiger partial charge < -0.3 is 5.32 Å². The molecule has 0 saturated carbocycles. The van der Waals surface area contributed by atoms with E-state index in [0.29, 0.717) is 0 Å². The summed E-state index contributed by atoms with van der Waals surface area (Å²) in [6.45, 7) is 2.95. The second-order valence-electron chi connectivity index (χ2n) is 4.72. The normalized spacial score (nSPS) is 12.4. The summed E-state index contributed by atoms with van der Waals surface area (Å²) in [5.74, 6) is -0.228. The molecule has 2 aromatic rings. The highest BCUT2D eigenvalue weighted by molar-refractivity contribution is 9.11. The second-order valence-corrected chi connectivity index (χ2v) is 7.34. The smallest absolute Gasteiger partial charge is 0.124 e. The van der Waals surface area contributed by atoms with E-state index in [9.17, 15) is 4.39 Å². The Morgan fingerprint density at radius 1 is 1.05 bits per heavy atom. The Morgan fingerprint density at radius 2 is 1.81 bits per heavy atom. The van der Waals surface area contributed by atoms with Crippen LogP contribution < -0.4 is 5.32 Å². The number of nitrogens with one attached hydrogen (secondary N) is 1. The molecule has 1 atom stereocenters. The van der Waals surface area contributed by atoms with E-state index < -0.39 is 0 Å². The highest BCUT2D eigenvalue weighted by Gasteiger charge is 2.16. The first-order chi connectivity index (χ1) is 10.0. The van der Waals surface area contributed by atoms with Gasteiger partial charge in [0.25, 0.3) is 0 Å². The van der Waals surface area contributed by atoms with Gasteiger partial charge in [-0.05, 0) is 54.4 Å². The van der Waals surface area contributed by atoms with Crippen LogP contribution in [0.15, 0.2) is 49.8 Å². The molecular formula is C16H15Br3FN. The summed E-state index contributed by atoms with van der Waals surface area (Å²) in [6, 6.07) is 11.1. The predicted molar refractivity (Wildman–Crippen MR) is 96.1 cm³/mol. The minimum atomic E-state index is -0.228. The fourth-order valence-electron chi connectivity index (χ4n) is 2.23. The Hall–Kier alpha value is -0.230. The van der Waals surface area contributed by atoms with Crippen molar-refractivity contribution in [3.05, 3.63) is 66.8 Å². The summed E-state index contributed by atoms with van der Waals surface area (Å²) in [5, 5.41) is 3.49. The third kappa shape index (κ3) is 4.62. The van der Waals surface area contributed by atoms with Crippen LogP contribution in [0.1, 0.15) is 24.1 Å².